The Bertz CT molecular complexity index is 1230. The number of carbonyl (C=O) groups is 3. The first kappa shape index (κ1) is 31.6. The molecule has 0 amide bonds. The van der Waals surface area contributed by atoms with Crippen LogP contribution < -0.4 is 9.47 Å². The van der Waals surface area contributed by atoms with Crippen LogP contribution in [0.25, 0.3) is 11.1 Å². The summed E-state index contributed by atoms with van der Waals surface area (Å²) >= 11 is 0. The van der Waals surface area contributed by atoms with Crippen molar-refractivity contribution in [3.8, 4) is 22.6 Å². The Morgan fingerprint density at radius 1 is 0.634 bits per heavy atom. The Balaban J connectivity index is 1.48. The van der Waals surface area contributed by atoms with Gasteiger partial charge in [0.05, 0.1) is 12.2 Å². The van der Waals surface area contributed by atoms with Gasteiger partial charge in [0.2, 0.25) is 5.78 Å². The summed E-state index contributed by atoms with van der Waals surface area (Å²) in [5.41, 5.74) is 2.81. The van der Waals surface area contributed by atoms with E-state index in [1.165, 1.54) is 32.1 Å². The highest BCUT2D eigenvalue weighted by molar-refractivity contribution is 6.00. The third-order valence-electron chi connectivity index (χ3n) is 6.84. The van der Waals surface area contributed by atoms with Crippen LogP contribution in [0.4, 0.5) is 0 Å². The minimum Gasteiger partial charge on any atom is -0.494 e. The Morgan fingerprint density at radius 3 is 1.80 bits per heavy atom. The molecule has 0 N–H and O–H groups in total. The van der Waals surface area contributed by atoms with Crippen LogP contribution in [0.3, 0.4) is 0 Å². The fraction of sp³-hybridized carbons (Fsp3) is 0.400. The van der Waals surface area contributed by atoms with Crippen molar-refractivity contribution >= 4 is 17.7 Å². The molecule has 0 fully saturated rings. The molecule has 3 aromatic rings. The number of benzene rings is 3. The van der Waals surface area contributed by atoms with E-state index < -0.39 is 12.1 Å². The van der Waals surface area contributed by atoms with Crippen molar-refractivity contribution in [3.05, 3.63) is 83.9 Å². The third-order valence-corrected chi connectivity index (χ3v) is 6.84. The van der Waals surface area contributed by atoms with Gasteiger partial charge >= 0.3 is 11.9 Å². The molecule has 218 valence electrons. The number of carbonyl (C=O) groups excluding carboxylic acids is 3. The minimum atomic E-state index is -0.875. The summed E-state index contributed by atoms with van der Waals surface area (Å²) in [5.74, 6) is -0.000420. The van der Waals surface area contributed by atoms with E-state index in [-0.39, 0.29) is 11.8 Å². The number of ether oxygens (including phenoxy) is 3. The molecule has 41 heavy (non-hydrogen) atoms. The first-order valence-corrected chi connectivity index (χ1v) is 14.8. The fourth-order valence-electron chi connectivity index (χ4n) is 4.33. The maximum Gasteiger partial charge on any atom is 0.343 e. The van der Waals surface area contributed by atoms with Crippen LogP contribution in [-0.2, 0) is 9.53 Å². The predicted octanol–water partition coefficient (Wildman–Crippen LogP) is 8.62. The van der Waals surface area contributed by atoms with Gasteiger partial charge in [0.1, 0.15) is 11.5 Å². The van der Waals surface area contributed by atoms with Crippen molar-refractivity contribution in [3.63, 3.8) is 0 Å². The number of unbranched alkanes of at least 4 members (excludes halogenated alkanes) is 6. The molecule has 0 aromatic heterocycles. The summed E-state index contributed by atoms with van der Waals surface area (Å²) in [5, 5.41) is 0. The molecular formula is C35H42O6. The first-order valence-electron chi connectivity index (χ1n) is 14.8. The number of ketones is 1. The predicted molar refractivity (Wildman–Crippen MR) is 162 cm³/mol. The van der Waals surface area contributed by atoms with Gasteiger partial charge in [0, 0.05) is 12.0 Å². The van der Waals surface area contributed by atoms with Crippen molar-refractivity contribution in [1.29, 1.82) is 0 Å². The van der Waals surface area contributed by atoms with E-state index >= 15 is 0 Å². The highest BCUT2D eigenvalue weighted by Crippen LogP contribution is 2.24. The number of esters is 2. The second kappa shape index (κ2) is 17.0. The molecule has 0 heterocycles. The topological polar surface area (TPSA) is 78.9 Å². The van der Waals surface area contributed by atoms with E-state index in [0.717, 1.165) is 42.7 Å². The van der Waals surface area contributed by atoms with Crippen molar-refractivity contribution in [2.75, 3.05) is 6.61 Å². The van der Waals surface area contributed by atoms with Crippen LogP contribution in [0.1, 0.15) is 99.3 Å². The third kappa shape index (κ3) is 10.5. The van der Waals surface area contributed by atoms with Crippen LogP contribution in [-0.4, -0.2) is 30.4 Å². The van der Waals surface area contributed by atoms with Gasteiger partial charge in [0.25, 0.3) is 0 Å². The van der Waals surface area contributed by atoms with Gasteiger partial charge in [-0.25, -0.2) is 4.79 Å². The molecule has 0 saturated carbocycles. The minimum absolute atomic E-state index is 0.296. The zero-order valence-corrected chi connectivity index (χ0v) is 24.5. The lowest BCUT2D eigenvalue weighted by molar-refractivity contribution is -0.146. The van der Waals surface area contributed by atoms with Gasteiger partial charge in [-0.1, -0.05) is 76.6 Å². The van der Waals surface area contributed by atoms with E-state index in [9.17, 15) is 14.4 Å². The van der Waals surface area contributed by atoms with Crippen LogP contribution in [0, 0.1) is 0 Å². The monoisotopic (exact) mass is 558 g/mol. The molecule has 3 rings (SSSR count). The van der Waals surface area contributed by atoms with Crippen LogP contribution >= 0.6 is 0 Å². The molecule has 1 atom stereocenters. The standard InChI is InChI=1S/C35H42O6/c1-4-6-8-9-10-11-25-39-31-21-17-28(18-22-31)27-13-15-30(16-14-27)35(38)41-32-23-19-29(20-24-32)34(37)26(3)40-33(36)12-7-5-2/h13-24,26H,4-12,25H2,1-3H3. The maximum atomic E-state index is 12.7. The highest BCUT2D eigenvalue weighted by Gasteiger charge is 2.19. The lowest BCUT2D eigenvalue weighted by Crippen LogP contribution is -2.24. The molecule has 0 radical (unpaired) electrons. The molecule has 6 nitrogen and oxygen atoms in total. The van der Waals surface area contributed by atoms with E-state index in [2.05, 4.69) is 6.92 Å². The Morgan fingerprint density at radius 2 is 1.17 bits per heavy atom. The molecule has 1 unspecified atom stereocenters. The van der Waals surface area contributed by atoms with E-state index in [1.807, 2.05) is 43.3 Å². The molecule has 0 saturated heterocycles. The second-order valence-electron chi connectivity index (χ2n) is 10.2. The van der Waals surface area contributed by atoms with Crippen molar-refractivity contribution in [2.45, 2.75) is 84.7 Å². The van der Waals surface area contributed by atoms with Crippen molar-refractivity contribution in [2.24, 2.45) is 0 Å². The zero-order valence-electron chi connectivity index (χ0n) is 24.5. The molecule has 3 aromatic carbocycles. The van der Waals surface area contributed by atoms with Gasteiger partial charge in [-0.05, 0) is 79.4 Å². The summed E-state index contributed by atoms with van der Waals surface area (Å²) in [6.07, 6.45) is 8.44. The molecule has 0 spiro atoms. The average Bonchev–Trinajstić information content (AvgIpc) is 3.00. The van der Waals surface area contributed by atoms with Crippen LogP contribution in [0.15, 0.2) is 72.8 Å². The number of Topliss-reactive ketones (excluding diaryl/α,β-unsaturated/α-hetero) is 1. The number of rotatable bonds is 17. The largest absolute Gasteiger partial charge is 0.494 e. The van der Waals surface area contributed by atoms with Gasteiger partial charge in [0.15, 0.2) is 6.10 Å². The van der Waals surface area contributed by atoms with Crippen molar-refractivity contribution in [1.82, 2.24) is 0 Å². The summed E-state index contributed by atoms with van der Waals surface area (Å²) in [6.45, 7) is 6.50. The highest BCUT2D eigenvalue weighted by atomic mass is 16.5. The SMILES string of the molecule is CCCCCCCCOc1ccc(-c2ccc(C(=O)Oc3ccc(C(=O)C(C)OC(=O)CCCC)cc3)cc2)cc1. The maximum absolute atomic E-state index is 12.7. The molecule has 6 heteroatoms. The first-order chi connectivity index (χ1) is 19.9. The van der Waals surface area contributed by atoms with Crippen molar-refractivity contribution < 1.29 is 28.6 Å². The summed E-state index contributed by atoms with van der Waals surface area (Å²) < 4.78 is 16.6. The Labute approximate surface area is 244 Å². The Hall–Kier alpha value is -3.93. The van der Waals surface area contributed by atoms with Crippen LogP contribution in [0.5, 0.6) is 11.5 Å². The molecular weight excluding hydrogens is 516 g/mol. The smallest absolute Gasteiger partial charge is 0.343 e. The summed E-state index contributed by atoms with van der Waals surface area (Å²) in [7, 11) is 0. The van der Waals surface area contributed by atoms with E-state index in [1.54, 1.807) is 43.3 Å². The Kier molecular flexibility index (Phi) is 13.1. The zero-order chi connectivity index (χ0) is 29.5. The van der Waals surface area contributed by atoms with E-state index in [4.69, 9.17) is 14.2 Å². The number of hydrogen-bond donors (Lipinski definition) is 0. The van der Waals surface area contributed by atoms with E-state index in [0.29, 0.717) is 23.3 Å². The summed E-state index contributed by atoms with van der Waals surface area (Å²) in [6, 6.07) is 21.4. The molecule has 0 bridgehead atoms. The molecule has 0 aliphatic heterocycles. The van der Waals surface area contributed by atoms with Crippen LogP contribution in [0.2, 0.25) is 0 Å². The van der Waals surface area contributed by atoms with Gasteiger partial charge in [-0.15, -0.1) is 0 Å². The molecule has 0 aliphatic carbocycles. The summed E-state index contributed by atoms with van der Waals surface area (Å²) in [4.78, 5) is 37.1. The van der Waals surface area contributed by atoms with Gasteiger partial charge < -0.3 is 14.2 Å². The number of hydrogen-bond acceptors (Lipinski definition) is 6. The van der Waals surface area contributed by atoms with Gasteiger partial charge in [-0.2, -0.15) is 0 Å². The molecule has 0 aliphatic rings. The average molecular weight is 559 g/mol. The second-order valence-corrected chi connectivity index (χ2v) is 10.2. The quantitative estimate of drug-likeness (QED) is 0.0714. The fourth-order valence-corrected chi connectivity index (χ4v) is 4.33. The lowest BCUT2D eigenvalue weighted by Gasteiger charge is -2.12. The lowest BCUT2D eigenvalue weighted by atomic mass is 10.0. The normalized spacial score (nSPS) is 11.5. The van der Waals surface area contributed by atoms with Gasteiger partial charge in [-0.3, -0.25) is 9.59 Å².